The van der Waals surface area contributed by atoms with Crippen LogP contribution < -0.4 is 5.32 Å². The zero-order valence-electron chi connectivity index (χ0n) is 10.5. The zero-order chi connectivity index (χ0) is 11.5. The number of hydrogen-bond acceptors (Lipinski definition) is 2. The Hall–Kier alpha value is -0.570. The van der Waals surface area contributed by atoms with Gasteiger partial charge in [0.1, 0.15) is 0 Å². The van der Waals surface area contributed by atoms with E-state index in [0.29, 0.717) is 0 Å². The van der Waals surface area contributed by atoms with Gasteiger partial charge in [-0.1, -0.05) is 13.3 Å². The fraction of sp³-hybridized carbons (Fsp3) is 0.917. The maximum absolute atomic E-state index is 12.1. The van der Waals surface area contributed by atoms with E-state index in [1.807, 2.05) is 32.7 Å². The molecule has 1 saturated carbocycles. The van der Waals surface area contributed by atoms with Gasteiger partial charge in [-0.05, 0) is 39.2 Å². The highest BCUT2D eigenvalue weighted by atomic mass is 16.2. The molecule has 0 unspecified atom stereocenters. The first-order valence-electron chi connectivity index (χ1n) is 5.98. The molecule has 0 atom stereocenters. The predicted molar refractivity (Wildman–Crippen MR) is 62.7 cm³/mol. The maximum atomic E-state index is 12.1. The molecule has 3 nitrogen and oxygen atoms in total. The van der Waals surface area contributed by atoms with Crippen LogP contribution >= 0.6 is 0 Å². The summed E-state index contributed by atoms with van der Waals surface area (Å²) < 4.78 is 0. The van der Waals surface area contributed by atoms with Gasteiger partial charge >= 0.3 is 0 Å². The highest BCUT2D eigenvalue weighted by Crippen LogP contribution is 2.27. The number of carbonyl (C=O) groups is 1. The Labute approximate surface area is 93.2 Å². The Bertz CT molecular complexity index is 222. The molecule has 0 saturated heterocycles. The third-order valence-electron chi connectivity index (χ3n) is 3.26. The summed E-state index contributed by atoms with van der Waals surface area (Å²) in [6.07, 6.45) is 3.92. The second-order valence-electron chi connectivity index (χ2n) is 5.14. The molecule has 1 aliphatic carbocycles. The summed E-state index contributed by atoms with van der Waals surface area (Å²) in [5.74, 6) is 0.952. The highest BCUT2D eigenvalue weighted by molar-refractivity contribution is 5.85. The van der Waals surface area contributed by atoms with E-state index in [1.54, 1.807) is 0 Å². The number of carbonyl (C=O) groups excluding carboxylic acids is 1. The normalized spacial score (nSPS) is 17.3. The van der Waals surface area contributed by atoms with Gasteiger partial charge in [0.2, 0.25) is 5.91 Å². The van der Waals surface area contributed by atoms with E-state index in [-0.39, 0.29) is 5.91 Å². The minimum absolute atomic E-state index is 0.205. The van der Waals surface area contributed by atoms with Crippen LogP contribution in [0.4, 0.5) is 0 Å². The Morgan fingerprint density at radius 1 is 1.47 bits per heavy atom. The van der Waals surface area contributed by atoms with Crippen molar-refractivity contribution in [3.05, 3.63) is 0 Å². The SMILES string of the molecule is CCNC(C)(C)C(=O)N(C)CC1CCC1. The summed E-state index contributed by atoms with van der Waals surface area (Å²) in [7, 11) is 1.92. The van der Waals surface area contributed by atoms with Crippen LogP contribution in [0, 0.1) is 5.92 Å². The van der Waals surface area contributed by atoms with Gasteiger partial charge in [-0.25, -0.2) is 0 Å². The van der Waals surface area contributed by atoms with Crippen LogP contribution in [0.25, 0.3) is 0 Å². The Morgan fingerprint density at radius 2 is 2.07 bits per heavy atom. The average Bonchev–Trinajstić information content (AvgIpc) is 2.09. The van der Waals surface area contributed by atoms with Crippen LogP contribution in [0.2, 0.25) is 0 Å². The third kappa shape index (κ3) is 3.20. The number of amides is 1. The first kappa shape index (κ1) is 12.5. The standard InChI is InChI=1S/C12H24N2O/c1-5-13-12(2,3)11(15)14(4)9-10-7-6-8-10/h10,13H,5-9H2,1-4H3. The lowest BCUT2D eigenvalue weighted by atomic mass is 9.85. The molecule has 1 rings (SSSR count). The molecule has 0 aromatic carbocycles. The number of likely N-dealkylation sites (N-methyl/N-ethyl adjacent to an activating group) is 2. The molecule has 1 aliphatic rings. The van der Waals surface area contributed by atoms with Crippen LogP contribution in [-0.4, -0.2) is 36.5 Å². The summed E-state index contributed by atoms with van der Waals surface area (Å²) >= 11 is 0. The van der Waals surface area contributed by atoms with Crippen LogP contribution in [0.3, 0.4) is 0 Å². The van der Waals surface area contributed by atoms with Crippen molar-refractivity contribution >= 4 is 5.91 Å². The molecule has 1 amide bonds. The minimum Gasteiger partial charge on any atom is -0.344 e. The monoisotopic (exact) mass is 212 g/mol. The van der Waals surface area contributed by atoms with Crippen molar-refractivity contribution in [1.82, 2.24) is 10.2 Å². The fourth-order valence-electron chi connectivity index (χ4n) is 2.14. The van der Waals surface area contributed by atoms with Gasteiger partial charge in [0.05, 0.1) is 5.54 Å². The number of hydrogen-bond donors (Lipinski definition) is 1. The molecule has 3 heteroatoms. The largest absolute Gasteiger partial charge is 0.344 e. The molecular formula is C12H24N2O. The fourth-order valence-corrected chi connectivity index (χ4v) is 2.14. The van der Waals surface area contributed by atoms with E-state index in [0.717, 1.165) is 19.0 Å². The molecule has 0 spiro atoms. The van der Waals surface area contributed by atoms with E-state index >= 15 is 0 Å². The smallest absolute Gasteiger partial charge is 0.242 e. The van der Waals surface area contributed by atoms with Gasteiger partial charge in [-0.15, -0.1) is 0 Å². The van der Waals surface area contributed by atoms with Crippen molar-refractivity contribution in [3.8, 4) is 0 Å². The topological polar surface area (TPSA) is 32.3 Å². The van der Waals surface area contributed by atoms with Gasteiger partial charge < -0.3 is 10.2 Å². The lowest BCUT2D eigenvalue weighted by Gasteiger charge is -2.35. The number of nitrogens with zero attached hydrogens (tertiary/aromatic N) is 1. The Balaban J connectivity index is 2.42. The molecule has 0 aliphatic heterocycles. The van der Waals surface area contributed by atoms with Crippen molar-refractivity contribution in [2.24, 2.45) is 5.92 Å². The first-order valence-corrected chi connectivity index (χ1v) is 5.98. The van der Waals surface area contributed by atoms with Crippen molar-refractivity contribution in [2.75, 3.05) is 20.1 Å². The summed E-state index contributed by atoms with van der Waals surface area (Å²) in [6.45, 7) is 7.69. The van der Waals surface area contributed by atoms with E-state index in [9.17, 15) is 4.79 Å². The third-order valence-corrected chi connectivity index (χ3v) is 3.26. The molecule has 15 heavy (non-hydrogen) atoms. The van der Waals surface area contributed by atoms with Gasteiger partial charge in [-0.2, -0.15) is 0 Å². The van der Waals surface area contributed by atoms with Crippen LogP contribution in [0.5, 0.6) is 0 Å². The molecular weight excluding hydrogens is 188 g/mol. The quantitative estimate of drug-likeness (QED) is 0.751. The first-order chi connectivity index (χ1) is 6.97. The molecule has 0 bridgehead atoms. The second-order valence-corrected chi connectivity index (χ2v) is 5.14. The molecule has 1 fully saturated rings. The van der Waals surface area contributed by atoms with Crippen molar-refractivity contribution in [2.45, 2.75) is 45.6 Å². The predicted octanol–water partition coefficient (Wildman–Crippen LogP) is 1.63. The van der Waals surface area contributed by atoms with E-state index < -0.39 is 5.54 Å². The lowest BCUT2D eigenvalue weighted by Crippen LogP contribution is -2.54. The van der Waals surface area contributed by atoms with Crippen LogP contribution in [0.15, 0.2) is 0 Å². The molecule has 88 valence electrons. The zero-order valence-corrected chi connectivity index (χ0v) is 10.5. The minimum atomic E-state index is -0.423. The summed E-state index contributed by atoms with van der Waals surface area (Å²) in [5.41, 5.74) is -0.423. The maximum Gasteiger partial charge on any atom is 0.242 e. The summed E-state index contributed by atoms with van der Waals surface area (Å²) in [4.78, 5) is 14.0. The van der Waals surface area contributed by atoms with Gasteiger partial charge in [0.15, 0.2) is 0 Å². The van der Waals surface area contributed by atoms with Crippen LogP contribution in [-0.2, 0) is 4.79 Å². The van der Waals surface area contributed by atoms with E-state index in [2.05, 4.69) is 5.32 Å². The van der Waals surface area contributed by atoms with Gasteiger partial charge in [0.25, 0.3) is 0 Å². The molecule has 0 radical (unpaired) electrons. The van der Waals surface area contributed by atoms with E-state index in [1.165, 1.54) is 19.3 Å². The number of rotatable bonds is 5. The second kappa shape index (κ2) is 4.97. The molecule has 0 aromatic heterocycles. The Kier molecular flexibility index (Phi) is 4.14. The average molecular weight is 212 g/mol. The van der Waals surface area contributed by atoms with Crippen molar-refractivity contribution in [3.63, 3.8) is 0 Å². The van der Waals surface area contributed by atoms with E-state index in [4.69, 9.17) is 0 Å². The molecule has 0 heterocycles. The molecule has 1 N–H and O–H groups in total. The van der Waals surface area contributed by atoms with Crippen molar-refractivity contribution in [1.29, 1.82) is 0 Å². The van der Waals surface area contributed by atoms with Gasteiger partial charge in [0, 0.05) is 13.6 Å². The molecule has 0 aromatic rings. The van der Waals surface area contributed by atoms with Crippen molar-refractivity contribution < 1.29 is 4.79 Å². The van der Waals surface area contributed by atoms with Gasteiger partial charge in [-0.3, -0.25) is 4.79 Å². The summed E-state index contributed by atoms with van der Waals surface area (Å²) in [5, 5.41) is 3.22. The Morgan fingerprint density at radius 3 is 2.47 bits per heavy atom. The highest BCUT2D eigenvalue weighted by Gasteiger charge is 2.31. The number of nitrogens with one attached hydrogen (secondary N) is 1. The lowest BCUT2D eigenvalue weighted by molar-refractivity contribution is -0.136. The summed E-state index contributed by atoms with van der Waals surface area (Å²) in [6, 6.07) is 0. The van der Waals surface area contributed by atoms with Crippen LogP contribution in [0.1, 0.15) is 40.0 Å².